The number of oxime groups is 1. The van der Waals surface area contributed by atoms with Crippen LogP contribution in [0.1, 0.15) is 38.3 Å². The van der Waals surface area contributed by atoms with Crippen LogP contribution in [0.3, 0.4) is 0 Å². The molecule has 2 rings (SSSR count). The number of hydrogen-bond donors (Lipinski definition) is 2. The molecule has 1 aliphatic rings. The number of nitrogens with zero attached hydrogens (tertiary/aromatic N) is 2. The average molecular weight is 293 g/mol. The van der Waals surface area contributed by atoms with Crippen molar-refractivity contribution >= 4 is 5.84 Å². The van der Waals surface area contributed by atoms with E-state index >= 15 is 0 Å². The number of nitrogens with two attached hydrogens (primary N) is 1. The van der Waals surface area contributed by atoms with E-state index in [4.69, 9.17) is 10.9 Å². The van der Waals surface area contributed by atoms with E-state index in [1.54, 1.807) is 6.07 Å². The molecule has 4 nitrogen and oxygen atoms in total. The third-order valence-corrected chi connectivity index (χ3v) is 4.47. The summed E-state index contributed by atoms with van der Waals surface area (Å²) in [5, 5.41) is 11.7. The Bertz CT molecular complexity index is 532. The molecule has 0 spiro atoms. The average Bonchev–Trinajstić information content (AvgIpc) is 2.42. The molecule has 0 aromatic heterocycles. The highest BCUT2D eigenvalue weighted by Crippen LogP contribution is 2.28. The molecule has 3 unspecified atom stereocenters. The number of amidine groups is 1. The molecule has 21 heavy (non-hydrogen) atoms. The van der Waals surface area contributed by atoms with Gasteiger partial charge in [-0.3, -0.25) is 4.90 Å². The molecule has 1 aromatic rings. The van der Waals surface area contributed by atoms with Crippen LogP contribution in [0.5, 0.6) is 0 Å². The summed E-state index contributed by atoms with van der Waals surface area (Å²) in [5.74, 6) is 0.850. The molecular weight excluding hydrogens is 269 g/mol. The van der Waals surface area contributed by atoms with E-state index in [0.717, 1.165) is 12.1 Å². The summed E-state index contributed by atoms with van der Waals surface area (Å²) in [5.41, 5.74) is 6.82. The Morgan fingerprint density at radius 3 is 2.76 bits per heavy atom. The maximum Gasteiger partial charge on any atom is 0.170 e. The van der Waals surface area contributed by atoms with Crippen molar-refractivity contribution in [3.8, 4) is 0 Å². The van der Waals surface area contributed by atoms with Gasteiger partial charge >= 0.3 is 0 Å². The van der Waals surface area contributed by atoms with Crippen LogP contribution in [0, 0.1) is 17.7 Å². The van der Waals surface area contributed by atoms with Crippen LogP contribution >= 0.6 is 0 Å². The first-order chi connectivity index (χ1) is 9.90. The molecule has 1 heterocycles. The predicted molar refractivity (Wildman–Crippen MR) is 81.7 cm³/mol. The molecule has 0 bridgehead atoms. The Hall–Kier alpha value is -1.62. The largest absolute Gasteiger partial charge is 0.409 e. The van der Waals surface area contributed by atoms with Crippen molar-refractivity contribution in [2.24, 2.45) is 22.7 Å². The molecule has 1 aromatic carbocycles. The molecule has 5 heteroatoms. The number of likely N-dealkylation sites (tertiary alicyclic amines) is 1. The van der Waals surface area contributed by atoms with E-state index in [1.807, 2.05) is 0 Å². The summed E-state index contributed by atoms with van der Waals surface area (Å²) in [6, 6.07) is 5.06. The molecule has 0 saturated carbocycles. The normalized spacial score (nSPS) is 27.8. The van der Waals surface area contributed by atoms with Gasteiger partial charge in [0.05, 0.1) is 0 Å². The van der Waals surface area contributed by atoms with Gasteiger partial charge in [-0.05, 0) is 48.9 Å². The maximum absolute atomic E-state index is 13.7. The van der Waals surface area contributed by atoms with Crippen molar-refractivity contribution in [3.63, 3.8) is 0 Å². The summed E-state index contributed by atoms with van der Waals surface area (Å²) in [6.45, 7) is 8.43. The van der Waals surface area contributed by atoms with Gasteiger partial charge in [-0.2, -0.15) is 0 Å². The monoisotopic (exact) mass is 293 g/mol. The first-order valence-electron chi connectivity index (χ1n) is 7.42. The van der Waals surface area contributed by atoms with Crippen molar-refractivity contribution < 1.29 is 9.60 Å². The van der Waals surface area contributed by atoms with Crippen molar-refractivity contribution in [2.45, 2.75) is 39.8 Å². The molecule has 1 fully saturated rings. The summed E-state index contributed by atoms with van der Waals surface area (Å²) in [7, 11) is 0. The second kappa shape index (κ2) is 6.43. The van der Waals surface area contributed by atoms with E-state index in [0.29, 0.717) is 30.0 Å². The minimum atomic E-state index is -0.361. The minimum absolute atomic E-state index is 0.0656. The SMILES string of the molecule is CC1CC(C)C(C)N(Cc2cc(F)cc(/C(N)=N/O)c2)C1. The van der Waals surface area contributed by atoms with Crippen molar-refractivity contribution in [3.05, 3.63) is 35.1 Å². The summed E-state index contributed by atoms with van der Waals surface area (Å²) in [6.07, 6.45) is 1.23. The van der Waals surface area contributed by atoms with Gasteiger partial charge in [0.2, 0.25) is 0 Å². The summed E-state index contributed by atoms with van der Waals surface area (Å²) >= 11 is 0. The van der Waals surface area contributed by atoms with Crippen LogP contribution in [0.2, 0.25) is 0 Å². The van der Waals surface area contributed by atoms with Crippen molar-refractivity contribution in [2.75, 3.05) is 6.54 Å². The van der Waals surface area contributed by atoms with Gasteiger partial charge in [0.25, 0.3) is 0 Å². The molecule has 0 aliphatic carbocycles. The summed E-state index contributed by atoms with van der Waals surface area (Å²) in [4.78, 5) is 2.38. The van der Waals surface area contributed by atoms with Crippen LogP contribution in [0.25, 0.3) is 0 Å². The number of hydrogen-bond acceptors (Lipinski definition) is 3. The van der Waals surface area contributed by atoms with Crippen LogP contribution < -0.4 is 5.73 Å². The fraction of sp³-hybridized carbons (Fsp3) is 0.562. The van der Waals surface area contributed by atoms with Gasteiger partial charge in [0, 0.05) is 24.7 Å². The lowest BCUT2D eigenvalue weighted by Crippen LogP contribution is -2.45. The highest BCUT2D eigenvalue weighted by Gasteiger charge is 2.28. The van der Waals surface area contributed by atoms with Gasteiger partial charge in [-0.15, -0.1) is 0 Å². The van der Waals surface area contributed by atoms with Gasteiger partial charge < -0.3 is 10.9 Å². The lowest BCUT2D eigenvalue weighted by Gasteiger charge is -2.41. The zero-order chi connectivity index (χ0) is 15.6. The van der Waals surface area contributed by atoms with Gasteiger partial charge in [0.1, 0.15) is 5.82 Å². The zero-order valence-electron chi connectivity index (χ0n) is 12.9. The molecule has 116 valence electrons. The standard InChI is InChI=1S/C16H24FN3O/c1-10-4-11(2)12(3)20(8-10)9-13-5-14(16(18)19-21)7-15(17)6-13/h5-7,10-12,21H,4,8-9H2,1-3H3,(H2,18,19). The van der Waals surface area contributed by atoms with E-state index in [9.17, 15) is 4.39 Å². The Kier molecular flexibility index (Phi) is 4.83. The maximum atomic E-state index is 13.7. The van der Waals surface area contributed by atoms with Crippen molar-refractivity contribution in [1.82, 2.24) is 4.90 Å². The zero-order valence-corrected chi connectivity index (χ0v) is 12.9. The van der Waals surface area contributed by atoms with E-state index in [2.05, 4.69) is 30.8 Å². The first kappa shape index (κ1) is 15.8. The topological polar surface area (TPSA) is 61.8 Å². The number of benzene rings is 1. The number of piperidine rings is 1. The lowest BCUT2D eigenvalue weighted by molar-refractivity contribution is 0.0729. The molecule has 0 amide bonds. The minimum Gasteiger partial charge on any atom is -0.409 e. The Balaban J connectivity index is 2.20. The van der Waals surface area contributed by atoms with Gasteiger partial charge in [-0.25, -0.2) is 4.39 Å². The molecule has 1 saturated heterocycles. The fourth-order valence-corrected chi connectivity index (χ4v) is 3.22. The van der Waals surface area contributed by atoms with Crippen LogP contribution in [0.15, 0.2) is 23.4 Å². The van der Waals surface area contributed by atoms with E-state index in [-0.39, 0.29) is 11.7 Å². The Morgan fingerprint density at radius 1 is 1.38 bits per heavy atom. The van der Waals surface area contributed by atoms with Gasteiger partial charge in [-0.1, -0.05) is 19.0 Å². The Morgan fingerprint density at radius 2 is 2.10 bits per heavy atom. The van der Waals surface area contributed by atoms with Crippen LogP contribution in [-0.2, 0) is 6.54 Å². The third kappa shape index (κ3) is 3.73. The fourth-order valence-electron chi connectivity index (χ4n) is 3.22. The Labute approximate surface area is 125 Å². The van der Waals surface area contributed by atoms with Crippen LogP contribution in [-0.4, -0.2) is 28.5 Å². The molecule has 1 aliphatic heterocycles. The smallest absolute Gasteiger partial charge is 0.170 e. The second-order valence-corrected chi connectivity index (χ2v) is 6.32. The third-order valence-electron chi connectivity index (χ3n) is 4.47. The van der Waals surface area contributed by atoms with Gasteiger partial charge in [0.15, 0.2) is 5.84 Å². The van der Waals surface area contributed by atoms with Crippen LogP contribution in [0.4, 0.5) is 4.39 Å². The second-order valence-electron chi connectivity index (χ2n) is 6.32. The summed E-state index contributed by atoms with van der Waals surface area (Å²) < 4.78 is 13.7. The quantitative estimate of drug-likeness (QED) is 0.390. The van der Waals surface area contributed by atoms with Crippen molar-refractivity contribution in [1.29, 1.82) is 0 Å². The highest BCUT2D eigenvalue weighted by atomic mass is 19.1. The highest BCUT2D eigenvalue weighted by molar-refractivity contribution is 5.97. The number of rotatable bonds is 3. The predicted octanol–water partition coefficient (Wildman–Crippen LogP) is 2.79. The molecule has 3 N–H and O–H groups in total. The molecular formula is C16H24FN3O. The van der Waals surface area contributed by atoms with E-state index < -0.39 is 0 Å². The first-order valence-corrected chi connectivity index (χ1v) is 7.42. The molecule has 0 radical (unpaired) electrons. The lowest BCUT2D eigenvalue weighted by atomic mass is 9.85. The van der Waals surface area contributed by atoms with E-state index in [1.165, 1.54) is 18.6 Å². The number of halogens is 1. The molecule has 3 atom stereocenters.